The van der Waals surface area contributed by atoms with Crippen LogP contribution < -0.4 is 15.5 Å². The van der Waals surface area contributed by atoms with E-state index < -0.39 is 0 Å². The fraction of sp³-hybridized carbons (Fsp3) is 0.688. The first-order chi connectivity index (χ1) is 11.3. The minimum Gasteiger partial charge on any atom is -0.356 e. The second-order valence-corrected chi connectivity index (χ2v) is 5.66. The third-order valence-corrected chi connectivity index (χ3v) is 3.92. The summed E-state index contributed by atoms with van der Waals surface area (Å²) in [5.74, 6) is 1.75. The molecule has 128 valence electrons. The van der Waals surface area contributed by atoms with Crippen molar-refractivity contribution in [3.8, 4) is 0 Å². The molecule has 2 N–H and O–H groups in total. The van der Waals surface area contributed by atoms with E-state index in [1.54, 1.807) is 12.4 Å². The van der Waals surface area contributed by atoms with Crippen LogP contribution in [0.15, 0.2) is 23.5 Å². The summed E-state index contributed by atoms with van der Waals surface area (Å²) in [6.45, 7) is 9.31. The molecule has 7 nitrogen and oxygen atoms in total. The summed E-state index contributed by atoms with van der Waals surface area (Å²) in [5.41, 5.74) is 0. The molecule has 0 bridgehead atoms. The third kappa shape index (κ3) is 6.02. The molecule has 1 aliphatic heterocycles. The Morgan fingerprint density at radius 3 is 2.48 bits per heavy atom. The zero-order valence-corrected chi connectivity index (χ0v) is 14.3. The smallest absolute Gasteiger partial charge is 0.225 e. The van der Waals surface area contributed by atoms with Crippen molar-refractivity contribution >= 4 is 11.9 Å². The molecule has 1 aromatic rings. The van der Waals surface area contributed by atoms with Gasteiger partial charge in [-0.05, 0) is 25.5 Å². The molecule has 1 aromatic heterocycles. The maximum atomic E-state index is 4.32. The molecule has 0 saturated carbocycles. The standard InChI is InChI=1S/C16H29N7/c1-3-6-18-15(17-2)19-9-5-10-22-11-13-23(14-12-22)16-20-7-4-8-21-16/h4,7-8H,3,5-6,9-14H2,1-2H3,(H2,17,18,19). The highest BCUT2D eigenvalue weighted by atomic mass is 15.3. The summed E-state index contributed by atoms with van der Waals surface area (Å²) < 4.78 is 0. The van der Waals surface area contributed by atoms with Gasteiger partial charge in [0, 0.05) is 58.7 Å². The Labute approximate surface area is 139 Å². The number of anilines is 1. The minimum absolute atomic E-state index is 0.847. The van der Waals surface area contributed by atoms with Gasteiger partial charge in [0.2, 0.25) is 5.95 Å². The van der Waals surface area contributed by atoms with Crippen molar-refractivity contribution in [1.82, 2.24) is 25.5 Å². The first-order valence-electron chi connectivity index (χ1n) is 8.52. The summed E-state index contributed by atoms with van der Waals surface area (Å²) in [4.78, 5) is 17.6. The Balaban J connectivity index is 1.60. The summed E-state index contributed by atoms with van der Waals surface area (Å²) in [7, 11) is 1.82. The summed E-state index contributed by atoms with van der Waals surface area (Å²) in [6.07, 6.45) is 5.84. The number of piperazine rings is 1. The zero-order chi connectivity index (χ0) is 16.3. The monoisotopic (exact) mass is 319 g/mol. The largest absolute Gasteiger partial charge is 0.356 e. The average molecular weight is 319 g/mol. The van der Waals surface area contributed by atoms with Gasteiger partial charge in [0.15, 0.2) is 5.96 Å². The lowest BCUT2D eigenvalue weighted by molar-refractivity contribution is 0.254. The normalized spacial score (nSPS) is 16.4. The molecule has 1 aliphatic rings. The Kier molecular flexibility index (Phi) is 7.59. The SMILES string of the molecule is CCCNC(=NC)NCCCN1CCN(c2ncccn2)CC1. The molecular formula is C16H29N7. The molecule has 0 unspecified atom stereocenters. The molecule has 0 aromatic carbocycles. The molecule has 7 heteroatoms. The maximum Gasteiger partial charge on any atom is 0.225 e. The van der Waals surface area contributed by atoms with E-state index in [9.17, 15) is 0 Å². The van der Waals surface area contributed by atoms with E-state index in [1.165, 1.54) is 0 Å². The molecule has 0 atom stereocenters. The van der Waals surface area contributed by atoms with Crippen molar-refractivity contribution in [3.63, 3.8) is 0 Å². The average Bonchev–Trinajstić information content (AvgIpc) is 2.62. The highest BCUT2D eigenvalue weighted by molar-refractivity contribution is 5.79. The van der Waals surface area contributed by atoms with E-state index in [1.807, 2.05) is 13.1 Å². The minimum atomic E-state index is 0.847. The predicted octanol–water partition coefficient (Wildman–Crippen LogP) is 0.564. The van der Waals surface area contributed by atoms with Gasteiger partial charge in [-0.15, -0.1) is 0 Å². The van der Waals surface area contributed by atoms with Crippen LogP contribution in [0.4, 0.5) is 5.95 Å². The van der Waals surface area contributed by atoms with Gasteiger partial charge >= 0.3 is 0 Å². The van der Waals surface area contributed by atoms with E-state index in [4.69, 9.17) is 0 Å². The van der Waals surface area contributed by atoms with Gasteiger partial charge in [0.05, 0.1) is 0 Å². The van der Waals surface area contributed by atoms with Gasteiger partial charge < -0.3 is 15.5 Å². The van der Waals surface area contributed by atoms with Gasteiger partial charge in [-0.3, -0.25) is 9.89 Å². The van der Waals surface area contributed by atoms with E-state index >= 15 is 0 Å². The second kappa shape index (κ2) is 9.99. The van der Waals surface area contributed by atoms with E-state index in [2.05, 4.69) is 42.3 Å². The Hall–Kier alpha value is -1.89. The van der Waals surface area contributed by atoms with Crippen molar-refractivity contribution in [2.24, 2.45) is 4.99 Å². The van der Waals surface area contributed by atoms with Gasteiger partial charge in [-0.2, -0.15) is 0 Å². The predicted molar refractivity (Wildman–Crippen MR) is 95.0 cm³/mol. The molecule has 0 aliphatic carbocycles. The molecule has 0 amide bonds. The number of hydrogen-bond donors (Lipinski definition) is 2. The number of nitrogens with zero attached hydrogens (tertiary/aromatic N) is 5. The lowest BCUT2D eigenvalue weighted by Crippen LogP contribution is -2.47. The van der Waals surface area contributed by atoms with Gasteiger partial charge in [0.25, 0.3) is 0 Å². The maximum absolute atomic E-state index is 4.32. The summed E-state index contributed by atoms with van der Waals surface area (Å²) >= 11 is 0. The Morgan fingerprint density at radius 1 is 1.13 bits per heavy atom. The Morgan fingerprint density at radius 2 is 1.83 bits per heavy atom. The first-order valence-corrected chi connectivity index (χ1v) is 8.52. The van der Waals surface area contributed by atoms with E-state index in [-0.39, 0.29) is 0 Å². The van der Waals surface area contributed by atoms with E-state index in [0.717, 1.165) is 70.6 Å². The molecule has 23 heavy (non-hydrogen) atoms. The quantitative estimate of drug-likeness (QED) is 0.435. The topological polar surface area (TPSA) is 68.7 Å². The molecule has 2 heterocycles. The number of rotatable bonds is 7. The van der Waals surface area contributed by atoms with E-state index in [0.29, 0.717) is 0 Å². The number of aromatic nitrogens is 2. The fourth-order valence-corrected chi connectivity index (χ4v) is 2.60. The van der Waals surface area contributed by atoms with Gasteiger partial charge in [-0.25, -0.2) is 9.97 Å². The van der Waals surface area contributed by atoms with Crippen LogP contribution in [0.3, 0.4) is 0 Å². The lowest BCUT2D eigenvalue weighted by atomic mass is 10.3. The third-order valence-electron chi connectivity index (χ3n) is 3.92. The lowest BCUT2D eigenvalue weighted by Gasteiger charge is -2.34. The number of aliphatic imine (C=N–C) groups is 1. The van der Waals surface area contributed by atoms with Crippen LogP contribution >= 0.6 is 0 Å². The van der Waals surface area contributed by atoms with Crippen molar-refractivity contribution in [3.05, 3.63) is 18.5 Å². The van der Waals surface area contributed by atoms with Crippen LogP contribution in [0.2, 0.25) is 0 Å². The molecule has 1 saturated heterocycles. The molecule has 0 radical (unpaired) electrons. The molecule has 1 fully saturated rings. The van der Waals surface area contributed by atoms with Gasteiger partial charge in [0.1, 0.15) is 0 Å². The second-order valence-electron chi connectivity index (χ2n) is 5.66. The Bertz CT molecular complexity index is 455. The van der Waals surface area contributed by atoms with Crippen LogP contribution in [-0.4, -0.2) is 73.7 Å². The molecular weight excluding hydrogens is 290 g/mol. The number of guanidine groups is 1. The summed E-state index contributed by atoms with van der Waals surface area (Å²) in [5, 5.41) is 6.65. The van der Waals surface area contributed by atoms with Crippen LogP contribution in [-0.2, 0) is 0 Å². The fourth-order valence-electron chi connectivity index (χ4n) is 2.60. The van der Waals surface area contributed by atoms with Crippen molar-refractivity contribution < 1.29 is 0 Å². The van der Waals surface area contributed by atoms with Crippen LogP contribution in [0, 0.1) is 0 Å². The first kappa shape index (κ1) is 17.5. The molecule has 0 spiro atoms. The highest BCUT2D eigenvalue weighted by Gasteiger charge is 2.18. The van der Waals surface area contributed by atoms with Crippen LogP contribution in [0.25, 0.3) is 0 Å². The van der Waals surface area contributed by atoms with Gasteiger partial charge in [-0.1, -0.05) is 6.92 Å². The van der Waals surface area contributed by atoms with Crippen molar-refractivity contribution in [1.29, 1.82) is 0 Å². The molecule has 2 rings (SSSR count). The summed E-state index contributed by atoms with van der Waals surface area (Å²) in [6, 6.07) is 1.86. The number of nitrogens with one attached hydrogen (secondary N) is 2. The zero-order valence-electron chi connectivity index (χ0n) is 14.3. The highest BCUT2D eigenvalue weighted by Crippen LogP contribution is 2.09. The van der Waals surface area contributed by atoms with Crippen LogP contribution in [0.5, 0.6) is 0 Å². The van der Waals surface area contributed by atoms with Crippen molar-refractivity contribution in [2.45, 2.75) is 19.8 Å². The van der Waals surface area contributed by atoms with Crippen molar-refractivity contribution in [2.75, 3.05) is 57.8 Å². The van der Waals surface area contributed by atoms with Crippen LogP contribution in [0.1, 0.15) is 19.8 Å². The number of hydrogen-bond acceptors (Lipinski definition) is 5.